The Morgan fingerprint density at radius 2 is 2.14 bits per heavy atom. The second-order valence-electron chi connectivity index (χ2n) is 5.28. The first kappa shape index (κ1) is 15.5. The maximum atomic E-state index is 13.7. The van der Waals surface area contributed by atoms with E-state index in [-0.39, 0.29) is 30.8 Å². The Morgan fingerprint density at radius 3 is 2.86 bits per heavy atom. The van der Waals surface area contributed by atoms with Crippen LogP contribution in [0.5, 0.6) is 0 Å². The van der Waals surface area contributed by atoms with Gasteiger partial charge in [-0.15, -0.1) is 0 Å². The summed E-state index contributed by atoms with van der Waals surface area (Å²) in [5, 5.41) is 11.5. The van der Waals surface area contributed by atoms with E-state index in [0.717, 1.165) is 25.7 Å². The number of aliphatic hydroxyl groups excluding tert-OH is 1. The van der Waals surface area contributed by atoms with Crippen molar-refractivity contribution < 1.29 is 14.3 Å². The molecule has 4 heteroatoms. The van der Waals surface area contributed by atoms with Gasteiger partial charge in [0.25, 0.3) is 0 Å². The van der Waals surface area contributed by atoms with Gasteiger partial charge in [0.05, 0.1) is 6.61 Å². The van der Waals surface area contributed by atoms with E-state index in [0.29, 0.717) is 17.5 Å². The smallest absolute Gasteiger partial charge is 0.223 e. The third kappa shape index (κ3) is 4.57. The monoisotopic (exact) mass is 289 g/mol. The van der Waals surface area contributed by atoms with E-state index >= 15 is 0 Å². The Bertz CT molecular complexity index is 554. The molecule has 0 radical (unpaired) electrons. The molecule has 0 spiro atoms. The molecule has 1 aromatic carbocycles. The molecule has 0 unspecified atom stereocenters. The van der Waals surface area contributed by atoms with Crippen molar-refractivity contribution in [1.82, 2.24) is 5.32 Å². The minimum absolute atomic E-state index is 0.0124. The van der Waals surface area contributed by atoms with Crippen LogP contribution in [0.1, 0.15) is 43.2 Å². The molecule has 0 heterocycles. The molecule has 1 fully saturated rings. The fourth-order valence-corrected chi connectivity index (χ4v) is 2.52. The van der Waals surface area contributed by atoms with Crippen LogP contribution in [-0.4, -0.2) is 17.6 Å². The Hall–Kier alpha value is -1.86. The predicted molar refractivity (Wildman–Crippen MR) is 78.8 cm³/mol. The Morgan fingerprint density at radius 1 is 1.38 bits per heavy atom. The molecule has 1 aliphatic carbocycles. The van der Waals surface area contributed by atoms with Crippen molar-refractivity contribution in [3.05, 3.63) is 35.1 Å². The van der Waals surface area contributed by atoms with Crippen molar-refractivity contribution in [2.45, 2.75) is 38.6 Å². The third-order valence-electron chi connectivity index (χ3n) is 3.69. The lowest BCUT2D eigenvalue weighted by atomic mass is 10.1. The zero-order chi connectivity index (χ0) is 15.1. The van der Waals surface area contributed by atoms with Crippen LogP contribution < -0.4 is 5.32 Å². The quantitative estimate of drug-likeness (QED) is 0.836. The van der Waals surface area contributed by atoms with Gasteiger partial charge in [0.15, 0.2) is 0 Å². The van der Waals surface area contributed by atoms with Gasteiger partial charge in [-0.05, 0) is 31.0 Å². The molecule has 1 saturated carbocycles. The molecule has 0 atom stereocenters. The van der Waals surface area contributed by atoms with Crippen molar-refractivity contribution in [2.75, 3.05) is 6.61 Å². The van der Waals surface area contributed by atoms with E-state index in [1.165, 1.54) is 6.07 Å². The first-order valence-electron chi connectivity index (χ1n) is 7.36. The number of hydrogen-bond donors (Lipinski definition) is 2. The molecule has 1 amide bonds. The fourth-order valence-electron chi connectivity index (χ4n) is 2.52. The summed E-state index contributed by atoms with van der Waals surface area (Å²) in [7, 11) is 0. The van der Waals surface area contributed by atoms with Crippen molar-refractivity contribution in [1.29, 1.82) is 0 Å². The van der Waals surface area contributed by atoms with Gasteiger partial charge < -0.3 is 10.4 Å². The average Bonchev–Trinajstić information content (AvgIpc) is 3.02. The maximum absolute atomic E-state index is 13.7. The molecule has 2 rings (SSSR count). The molecular formula is C17H20FNO2. The lowest BCUT2D eigenvalue weighted by Gasteiger charge is -2.11. The topological polar surface area (TPSA) is 49.3 Å². The maximum Gasteiger partial charge on any atom is 0.223 e. The standard InChI is InChI=1S/C17H20FNO2/c18-16-9-8-13(5-3-4-10-20)11-15(16)12-19-17(21)14-6-1-2-7-14/h8-9,11,14,20H,1-2,4,6-7,10,12H2,(H,19,21). The van der Waals surface area contributed by atoms with Gasteiger partial charge in [-0.1, -0.05) is 24.7 Å². The summed E-state index contributed by atoms with van der Waals surface area (Å²) in [5.41, 5.74) is 1.13. The Balaban J connectivity index is 1.97. The molecule has 2 N–H and O–H groups in total. The Kier molecular flexibility index (Phi) is 5.77. The van der Waals surface area contributed by atoms with Crippen LogP contribution in [-0.2, 0) is 11.3 Å². The van der Waals surface area contributed by atoms with Crippen LogP contribution in [0.4, 0.5) is 4.39 Å². The van der Waals surface area contributed by atoms with Crippen LogP contribution in [0.15, 0.2) is 18.2 Å². The van der Waals surface area contributed by atoms with E-state index in [4.69, 9.17) is 5.11 Å². The molecule has 1 aromatic rings. The number of halogens is 1. The molecular weight excluding hydrogens is 269 g/mol. The number of hydrogen-bond acceptors (Lipinski definition) is 2. The zero-order valence-corrected chi connectivity index (χ0v) is 12.0. The number of amides is 1. The van der Waals surface area contributed by atoms with Crippen LogP contribution in [0.25, 0.3) is 0 Å². The number of carbonyl (C=O) groups is 1. The summed E-state index contributed by atoms with van der Waals surface area (Å²) in [6.45, 7) is 0.204. The highest BCUT2D eigenvalue weighted by molar-refractivity contribution is 5.78. The van der Waals surface area contributed by atoms with E-state index in [9.17, 15) is 9.18 Å². The van der Waals surface area contributed by atoms with Gasteiger partial charge >= 0.3 is 0 Å². The molecule has 21 heavy (non-hydrogen) atoms. The molecule has 3 nitrogen and oxygen atoms in total. The largest absolute Gasteiger partial charge is 0.395 e. The third-order valence-corrected chi connectivity index (χ3v) is 3.69. The highest BCUT2D eigenvalue weighted by atomic mass is 19.1. The van der Waals surface area contributed by atoms with E-state index < -0.39 is 0 Å². The molecule has 0 aromatic heterocycles. The van der Waals surface area contributed by atoms with Crippen LogP contribution in [0, 0.1) is 23.6 Å². The molecule has 0 bridgehead atoms. The van der Waals surface area contributed by atoms with Crippen molar-refractivity contribution >= 4 is 5.91 Å². The van der Waals surface area contributed by atoms with E-state index in [2.05, 4.69) is 17.2 Å². The SMILES string of the molecule is O=C(NCc1cc(C#CCCO)ccc1F)C1CCCC1. The number of rotatable bonds is 4. The highest BCUT2D eigenvalue weighted by Crippen LogP contribution is 2.24. The lowest BCUT2D eigenvalue weighted by molar-refractivity contribution is -0.124. The second-order valence-corrected chi connectivity index (χ2v) is 5.28. The van der Waals surface area contributed by atoms with Crippen molar-refractivity contribution in [2.24, 2.45) is 5.92 Å². The first-order chi connectivity index (χ1) is 10.2. The fraction of sp³-hybridized carbons (Fsp3) is 0.471. The van der Waals surface area contributed by atoms with Crippen LogP contribution >= 0.6 is 0 Å². The lowest BCUT2D eigenvalue weighted by Crippen LogP contribution is -2.29. The minimum atomic E-state index is -0.338. The van der Waals surface area contributed by atoms with E-state index in [1.807, 2.05) is 0 Å². The highest BCUT2D eigenvalue weighted by Gasteiger charge is 2.22. The first-order valence-corrected chi connectivity index (χ1v) is 7.36. The molecule has 0 saturated heterocycles. The van der Waals surface area contributed by atoms with Crippen molar-refractivity contribution in [3.8, 4) is 11.8 Å². The summed E-state index contributed by atoms with van der Waals surface area (Å²) in [6.07, 6.45) is 4.46. The van der Waals surface area contributed by atoms with Gasteiger partial charge in [0.2, 0.25) is 5.91 Å². The van der Waals surface area contributed by atoms with Gasteiger partial charge in [-0.2, -0.15) is 0 Å². The van der Waals surface area contributed by atoms with Crippen LogP contribution in [0.2, 0.25) is 0 Å². The summed E-state index contributed by atoms with van der Waals surface area (Å²) in [4.78, 5) is 11.9. The summed E-state index contributed by atoms with van der Waals surface area (Å²) >= 11 is 0. The molecule has 112 valence electrons. The van der Waals surface area contributed by atoms with E-state index in [1.54, 1.807) is 12.1 Å². The zero-order valence-electron chi connectivity index (χ0n) is 12.0. The average molecular weight is 289 g/mol. The summed E-state index contributed by atoms with van der Waals surface area (Å²) < 4.78 is 13.7. The van der Waals surface area contributed by atoms with Crippen LogP contribution in [0.3, 0.4) is 0 Å². The molecule has 0 aliphatic heterocycles. The summed E-state index contributed by atoms with van der Waals surface area (Å²) in [6, 6.07) is 4.61. The Labute approximate surface area is 124 Å². The summed E-state index contributed by atoms with van der Waals surface area (Å²) in [5.74, 6) is 5.43. The number of nitrogens with one attached hydrogen (secondary N) is 1. The van der Waals surface area contributed by atoms with Gasteiger partial charge in [-0.3, -0.25) is 4.79 Å². The number of aliphatic hydroxyl groups is 1. The van der Waals surface area contributed by atoms with Crippen molar-refractivity contribution in [3.63, 3.8) is 0 Å². The number of carbonyl (C=O) groups excluding carboxylic acids is 1. The number of benzene rings is 1. The molecule has 1 aliphatic rings. The second kappa shape index (κ2) is 7.80. The normalized spacial score (nSPS) is 14.6. The van der Waals surface area contributed by atoms with Gasteiger partial charge in [0.1, 0.15) is 5.82 Å². The minimum Gasteiger partial charge on any atom is -0.395 e. The van der Waals surface area contributed by atoms with Gasteiger partial charge in [-0.25, -0.2) is 4.39 Å². The predicted octanol–water partition coefficient (Wildman–Crippen LogP) is 2.37. The van der Waals surface area contributed by atoms with Gasteiger partial charge in [0, 0.05) is 30.0 Å².